The number of alkyl halides is 1. The highest BCUT2D eigenvalue weighted by Crippen LogP contribution is 2.54. The highest BCUT2D eigenvalue weighted by atomic mass is 31.2. The molecule has 3 aliphatic rings. The van der Waals surface area contributed by atoms with Gasteiger partial charge >= 0.3 is 7.82 Å². The molecule has 20 nitrogen and oxygen atoms in total. The molecule has 0 radical (unpaired) electrons. The Morgan fingerprint density at radius 2 is 1.72 bits per heavy atom. The Hall–Kier alpha value is -3.17. The number of aromatic nitrogens is 8. The second-order valence-electron chi connectivity index (χ2n) is 10.8. The predicted molar refractivity (Wildman–Crippen MR) is 154 cm³/mol. The largest absolute Gasteiger partial charge is 0.472 e. The molecule has 4 N–H and O–H groups in total. The van der Waals surface area contributed by atoms with Crippen molar-refractivity contribution in [2.45, 2.75) is 56.1 Å². The topological polar surface area (TPSA) is 252 Å². The monoisotopic (exact) mass is 685 g/mol. The molecule has 0 spiro atoms. The summed E-state index contributed by atoms with van der Waals surface area (Å²) in [6, 6.07) is 0. The Morgan fingerprint density at radius 3 is 2.48 bits per heavy atom. The summed E-state index contributed by atoms with van der Waals surface area (Å²) in [5.41, 5.74) is 5.79. The van der Waals surface area contributed by atoms with Crippen molar-refractivity contribution >= 4 is 51.0 Å². The van der Waals surface area contributed by atoms with Crippen LogP contribution in [-0.2, 0) is 41.4 Å². The number of anilines is 1. The molecule has 3 aliphatic heterocycles. The number of hydrogen-bond donors (Lipinski definition) is 3. The molecule has 0 aromatic carbocycles. The highest BCUT2D eigenvalue weighted by molar-refractivity contribution is 7.79. The Bertz CT molecular complexity index is 1960. The van der Waals surface area contributed by atoms with E-state index in [4.69, 9.17) is 38.0 Å². The van der Waals surface area contributed by atoms with Crippen LogP contribution in [0.3, 0.4) is 0 Å². The molecule has 4 aromatic rings. The fraction of sp³-hybridized carbons (Fsp3) is 0.545. The van der Waals surface area contributed by atoms with Gasteiger partial charge in [-0.3, -0.25) is 27.5 Å². The lowest BCUT2D eigenvalue weighted by Crippen LogP contribution is -2.37. The van der Waals surface area contributed by atoms with E-state index >= 15 is 4.39 Å². The summed E-state index contributed by atoms with van der Waals surface area (Å²) >= 11 is 0. The third-order valence-electron chi connectivity index (χ3n) is 7.75. The van der Waals surface area contributed by atoms with Crippen LogP contribution in [0.1, 0.15) is 18.3 Å². The van der Waals surface area contributed by atoms with Crippen LogP contribution >= 0.6 is 15.3 Å². The number of rotatable bonds is 3. The van der Waals surface area contributed by atoms with Gasteiger partial charge in [0.2, 0.25) is 0 Å². The van der Waals surface area contributed by atoms with Gasteiger partial charge in [0.15, 0.2) is 41.3 Å². The molecule has 3 saturated heterocycles. The second kappa shape index (κ2) is 11.5. The van der Waals surface area contributed by atoms with Gasteiger partial charge < -0.3 is 38.9 Å². The first-order chi connectivity index (χ1) is 21.9. The van der Waals surface area contributed by atoms with Crippen LogP contribution < -0.4 is 11.3 Å². The lowest BCUT2D eigenvalue weighted by Gasteiger charge is -2.28. The molecule has 0 aliphatic carbocycles. The van der Waals surface area contributed by atoms with Crippen LogP contribution in [0.15, 0.2) is 23.8 Å². The third-order valence-corrected chi connectivity index (χ3v) is 9.98. The van der Waals surface area contributed by atoms with Crippen molar-refractivity contribution in [2.24, 2.45) is 0 Å². The number of imidazole rings is 2. The molecule has 246 valence electrons. The number of nitrogens with two attached hydrogens (primary N) is 1. The van der Waals surface area contributed by atoms with Crippen molar-refractivity contribution in [3.8, 4) is 0 Å². The molecule has 4 aromatic heterocycles. The number of ether oxygens (including phenoxy) is 3. The van der Waals surface area contributed by atoms with Crippen molar-refractivity contribution < 1.29 is 50.7 Å². The van der Waals surface area contributed by atoms with Crippen LogP contribution in [0, 0.1) is 6.92 Å². The zero-order valence-electron chi connectivity index (χ0n) is 24.3. The van der Waals surface area contributed by atoms with Crippen molar-refractivity contribution in [3.63, 3.8) is 0 Å². The van der Waals surface area contributed by atoms with Crippen molar-refractivity contribution in [1.82, 2.24) is 39.0 Å². The third kappa shape index (κ3) is 5.47. The minimum absolute atomic E-state index is 0.000198. The number of fused-ring (bicyclic) bond motifs is 5. The molecule has 24 heteroatoms. The van der Waals surface area contributed by atoms with E-state index in [2.05, 4.69) is 29.9 Å². The van der Waals surface area contributed by atoms with Gasteiger partial charge in [-0.15, -0.1) is 0 Å². The van der Waals surface area contributed by atoms with E-state index in [1.165, 1.54) is 36.5 Å². The zero-order valence-corrected chi connectivity index (χ0v) is 26.1. The Kier molecular flexibility index (Phi) is 7.87. The van der Waals surface area contributed by atoms with Gasteiger partial charge in [0.05, 0.1) is 25.9 Å². The molecule has 0 amide bonds. The van der Waals surface area contributed by atoms with Crippen LogP contribution in [-0.4, -0.2) is 109 Å². The molecule has 3 fully saturated rings. The lowest BCUT2D eigenvalue weighted by atomic mass is 10.1. The van der Waals surface area contributed by atoms with Crippen LogP contribution in [0.4, 0.5) is 10.2 Å². The molecule has 0 saturated carbocycles. The number of nitrogens with zero attached hydrogens (tertiary/aromatic N) is 7. The van der Waals surface area contributed by atoms with Gasteiger partial charge in [-0.1, -0.05) is 0 Å². The number of methoxy groups -OCH3 is 1. The minimum atomic E-state index is -5.02. The van der Waals surface area contributed by atoms with Gasteiger partial charge in [-0.2, -0.15) is 0 Å². The fourth-order valence-electron chi connectivity index (χ4n) is 5.73. The van der Waals surface area contributed by atoms with Gasteiger partial charge in [0.25, 0.3) is 20.6 Å². The molecular formula is C22H27BFN9O11P2. The molecular weight excluding hydrogens is 658 g/mol. The number of nitrogen functional groups attached to an aromatic ring is 1. The van der Waals surface area contributed by atoms with Gasteiger partial charge in [0, 0.05) is 7.11 Å². The van der Waals surface area contributed by atoms with Crippen LogP contribution in [0.5, 0.6) is 0 Å². The van der Waals surface area contributed by atoms with E-state index in [0.29, 0.717) is 0 Å². The predicted octanol–water partition coefficient (Wildman–Crippen LogP) is -0.343. The number of nitrogens with one attached hydrogen (secondary N) is 1. The van der Waals surface area contributed by atoms with Crippen molar-refractivity contribution in [3.05, 3.63) is 35.2 Å². The van der Waals surface area contributed by atoms with Gasteiger partial charge in [-0.25, -0.2) is 33.9 Å². The summed E-state index contributed by atoms with van der Waals surface area (Å²) in [5, 5.41) is 0. The first kappa shape index (κ1) is 31.4. The fourth-order valence-corrected chi connectivity index (χ4v) is 7.83. The van der Waals surface area contributed by atoms with Crippen molar-refractivity contribution in [1.29, 1.82) is 0 Å². The average molecular weight is 685 g/mol. The minimum Gasteiger partial charge on any atom is -0.382 e. The molecule has 7 rings (SSSR count). The Labute approximate surface area is 258 Å². The number of phosphoric ester groups is 1. The number of halogens is 1. The summed E-state index contributed by atoms with van der Waals surface area (Å²) in [5.74, 6) is 0.334. The van der Waals surface area contributed by atoms with Gasteiger partial charge in [0.1, 0.15) is 48.2 Å². The summed E-state index contributed by atoms with van der Waals surface area (Å²) in [6.07, 6.45) is -7.60. The summed E-state index contributed by atoms with van der Waals surface area (Å²) in [6.45, 7) is 0.353. The number of phosphoric acid groups is 1. The lowest BCUT2D eigenvalue weighted by molar-refractivity contribution is -0.0631. The number of H-pyrrole nitrogens is 1. The van der Waals surface area contributed by atoms with E-state index in [1.807, 2.05) is 0 Å². The molecule has 7 heterocycles. The Morgan fingerprint density at radius 1 is 1.02 bits per heavy atom. The number of aromatic amines is 1. The van der Waals surface area contributed by atoms with E-state index in [0.717, 1.165) is 6.33 Å². The normalized spacial score (nSPS) is 37.1. The Balaban J connectivity index is 1.22. The number of aryl methyl sites for hydroxylation is 1. The summed E-state index contributed by atoms with van der Waals surface area (Å²) in [7, 11) is -6.59. The quantitative estimate of drug-likeness (QED) is 0.184. The highest BCUT2D eigenvalue weighted by Gasteiger charge is 2.54. The van der Waals surface area contributed by atoms with Gasteiger partial charge in [-0.05, 0) is 6.92 Å². The maximum absolute atomic E-state index is 16.0. The maximum Gasteiger partial charge on any atom is 0.472 e. The maximum atomic E-state index is 16.0. The summed E-state index contributed by atoms with van der Waals surface area (Å²) in [4.78, 5) is 46.3. The van der Waals surface area contributed by atoms with E-state index in [1.54, 1.807) is 6.92 Å². The SMILES string of the molecule is B[P@]1(=O)OCC2OC(n3cnc4c(N)ncnc43)C(F)C2OP(=O)(O)OCC2OC(n3cnc4c(=O)[nH]c(C)nc43)C(O1)C2OC. The second-order valence-corrected chi connectivity index (χ2v) is 14.2. The van der Waals surface area contributed by atoms with E-state index < -0.39 is 83.2 Å². The molecule has 46 heavy (non-hydrogen) atoms. The first-order valence-electron chi connectivity index (χ1n) is 13.8. The molecule has 2 bridgehead atoms. The summed E-state index contributed by atoms with van der Waals surface area (Å²) < 4.78 is 85.4. The van der Waals surface area contributed by atoms with E-state index in [-0.39, 0.29) is 34.0 Å². The zero-order chi connectivity index (χ0) is 32.5. The first-order valence-corrected chi connectivity index (χ1v) is 17.2. The standard InChI is InChI=1S/C22H27BFN9O11P2/c1-8-30-19-13(20(34)31-8)29-7-33(19)22-16-15(38-2)10(42-22)4-40-46(36,37)44-14-9(3-39-45(23,35)43-16)41-21(11(14)24)32-6-28-12-17(25)26-5-27-18(12)32/h5-7,9-11,14-16,21-22H,3-4,23H2,1-2H3,(H,36,37)(H2,25,26,27)(H,30,31,34)/t9?,10?,11?,14?,15?,16?,21?,22?,45-/m0/s1. The van der Waals surface area contributed by atoms with Crippen LogP contribution in [0.25, 0.3) is 22.3 Å². The number of hydrogen-bond acceptors (Lipinski definition) is 16. The molecule has 10 atom stereocenters. The average Bonchev–Trinajstić information content (AvgIpc) is 3.75. The van der Waals surface area contributed by atoms with Crippen LogP contribution in [0.2, 0.25) is 0 Å². The smallest absolute Gasteiger partial charge is 0.382 e. The van der Waals surface area contributed by atoms with Crippen molar-refractivity contribution in [2.75, 3.05) is 26.1 Å². The molecule has 9 unspecified atom stereocenters. The van der Waals surface area contributed by atoms with E-state index in [9.17, 15) is 18.8 Å².